The zero-order chi connectivity index (χ0) is 17.8. The number of hydrogen-bond acceptors (Lipinski definition) is 4. The van der Waals surface area contributed by atoms with Crippen molar-refractivity contribution in [3.63, 3.8) is 0 Å². The molecule has 0 unspecified atom stereocenters. The van der Waals surface area contributed by atoms with E-state index in [4.69, 9.17) is 9.47 Å². The van der Waals surface area contributed by atoms with Crippen LogP contribution in [-0.2, 0) is 0 Å². The fourth-order valence-corrected chi connectivity index (χ4v) is 3.99. The van der Waals surface area contributed by atoms with Crippen LogP contribution in [0.2, 0.25) is 0 Å². The molecular weight excluding hydrogens is 336 g/mol. The fraction of sp³-hybridized carbons (Fsp3) is 0.316. The molecule has 2 aromatic rings. The van der Waals surface area contributed by atoms with Crippen LogP contribution >= 0.6 is 11.8 Å². The molecule has 1 aliphatic rings. The minimum absolute atomic E-state index is 0.158. The molecule has 25 heavy (non-hydrogen) atoms. The molecule has 0 spiro atoms. The number of carbonyl (C=O) groups excluding carboxylic acids is 1. The van der Waals surface area contributed by atoms with Gasteiger partial charge in [0.2, 0.25) is 0 Å². The largest absolute Gasteiger partial charge is 0.497 e. The predicted octanol–water partition coefficient (Wildman–Crippen LogP) is 4.63. The number of ether oxygens (including phenoxy) is 2. The third-order valence-electron chi connectivity index (χ3n) is 4.19. The van der Waals surface area contributed by atoms with Gasteiger partial charge in [-0.3, -0.25) is 4.90 Å². The molecule has 132 valence electrons. The molecule has 0 aromatic heterocycles. The number of benzene rings is 2. The molecule has 0 aliphatic carbocycles. The summed E-state index contributed by atoms with van der Waals surface area (Å²) >= 11 is 1.83. The van der Waals surface area contributed by atoms with Gasteiger partial charge in [0.05, 0.1) is 25.6 Å². The third-order valence-corrected chi connectivity index (χ3v) is 5.60. The molecular formula is C19H22N2O3S. The van der Waals surface area contributed by atoms with Gasteiger partial charge in [-0.25, -0.2) is 4.79 Å². The first-order valence-electron chi connectivity index (χ1n) is 8.22. The zero-order valence-corrected chi connectivity index (χ0v) is 15.4. The molecule has 0 radical (unpaired) electrons. The van der Waals surface area contributed by atoms with Crippen LogP contribution < -0.4 is 19.7 Å². The summed E-state index contributed by atoms with van der Waals surface area (Å²) in [6, 6.07) is 13.2. The van der Waals surface area contributed by atoms with Crippen LogP contribution in [0.1, 0.15) is 13.3 Å². The summed E-state index contributed by atoms with van der Waals surface area (Å²) < 4.78 is 10.6. The lowest BCUT2D eigenvalue weighted by Crippen LogP contribution is -2.41. The highest BCUT2D eigenvalue weighted by Crippen LogP contribution is 2.40. The van der Waals surface area contributed by atoms with E-state index in [0.29, 0.717) is 29.0 Å². The molecule has 6 heteroatoms. The summed E-state index contributed by atoms with van der Waals surface area (Å²) in [7, 11) is 3.17. The standard InChI is InChI=1S/C19H22N2O3S/c1-4-14-12-21(16-7-5-6-8-18(16)25-14)19(22)20-15-10-9-13(23-2)11-17(15)24-3/h5-11,14H,4,12H2,1-3H3,(H,20,22)/t14-/m0/s1. The topological polar surface area (TPSA) is 50.8 Å². The Morgan fingerprint density at radius 3 is 2.76 bits per heavy atom. The summed E-state index contributed by atoms with van der Waals surface area (Å²) in [4.78, 5) is 15.9. The first kappa shape index (κ1) is 17.5. The Kier molecular flexibility index (Phi) is 5.38. The van der Waals surface area contributed by atoms with E-state index in [2.05, 4.69) is 18.3 Å². The summed E-state index contributed by atoms with van der Waals surface area (Å²) in [6.45, 7) is 2.83. The third kappa shape index (κ3) is 3.69. The van der Waals surface area contributed by atoms with Gasteiger partial charge in [0.15, 0.2) is 0 Å². The Morgan fingerprint density at radius 2 is 2.04 bits per heavy atom. The maximum absolute atomic E-state index is 12.9. The number of methoxy groups -OCH3 is 2. The normalized spacial score (nSPS) is 16.1. The van der Waals surface area contributed by atoms with E-state index in [0.717, 1.165) is 17.0 Å². The molecule has 2 amide bonds. The van der Waals surface area contributed by atoms with Gasteiger partial charge in [-0.1, -0.05) is 19.1 Å². The second-order valence-electron chi connectivity index (χ2n) is 5.72. The molecule has 1 heterocycles. The lowest BCUT2D eigenvalue weighted by atomic mass is 10.2. The minimum Gasteiger partial charge on any atom is -0.497 e. The van der Waals surface area contributed by atoms with Gasteiger partial charge in [0, 0.05) is 22.8 Å². The smallest absolute Gasteiger partial charge is 0.326 e. The molecule has 0 saturated carbocycles. The average molecular weight is 358 g/mol. The van der Waals surface area contributed by atoms with Crippen LogP contribution in [0.15, 0.2) is 47.4 Å². The van der Waals surface area contributed by atoms with Crippen molar-refractivity contribution in [2.75, 3.05) is 31.0 Å². The van der Waals surface area contributed by atoms with Crippen LogP contribution in [0.3, 0.4) is 0 Å². The van der Waals surface area contributed by atoms with E-state index in [1.807, 2.05) is 34.9 Å². The molecule has 1 aliphatic heterocycles. The maximum atomic E-state index is 12.9. The Bertz CT molecular complexity index is 766. The highest BCUT2D eigenvalue weighted by atomic mass is 32.2. The number of anilines is 2. The Morgan fingerprint density at radius 1 is 1.24 bits per heavy atom. The van der Waals surface area contributed by atoms with Crippen molar-refractivity contribution in [3.8, 4) is 11.5 Å². The molecule has 5 nitrogen and oxygen atoms in total. The van der Waals surface area contributed by atoms with Crippen molar-refractivity contribution in [3.05, 3.63) is 42.5 Å². The van der Waals surface area contributed by atoms with Crippen molar-refractivity contribution in [2.24, 2.45) is 0 Å². The summed E-state index contributed by atoms with van der Waals surface area (Å²) in [6.07, 6.45) is 1.01. The number of fused-ring (bicyclic) bond motifs is 1. The van der Waals surface area contributed by atoms with Crippen molar-refractivity contribution in [1.82, 2.24) is 0 Å². The van der Waals surface area contributed by atoms with E-state index in [9.17, 15) is 4.79 Å². The van der Waals surface area contributed by atoms with Gasteiger partial charge in [-0.15, -0.1) is 11.8 Å². The van der Waals surface area contributed by atoms with Crippen LogP contribution in [0, 0.1) is 0 Å². The number of nitrogens with one attached hydrogen (secondary N) is 1. The highest BCUT2D eigenvalue weighted by Gasteiger charge is 2.28. The second-order valence-corrected chi connectivity index (χ2v) is 7.06. The van der Waals surface area contributed by atoms with E-state index >= 15 is 0 Å². The van der Waals surface area contributed by atoms with Crippen molar-refractivity contribution >= 4 is 29.2 Å². The Balaban J connectivity index is 1.86. The van der Waals surface area contributed by atoms with Gasteiger partial charge in [-0.05, 0) is 30.7 Å². The van der Waals surface area contributed by atoms with Crippen molar-refractivity contribution in [2.45, 2.75) is 23.5 Å². The monoisotopic (exact) mass is 358 g/mol. The Labute approximate surface area is 152 Å². The molecule has 0 bridgehead atoms. The molecule has 1 atom stereocenters. The second kappa shape index (κ2) is 7.70. The fourth-order valence-electron chi connectivity index (χ4n) is 2.79. The van der Waals surface area contributed by atoms with Crippen molar-refractivity contribution in [1.29, 1.82) is 0 Å². The molecule has 3 rings (SSSR count). The van der Waals surface area contributed by atoms with Gasteiger partial charge in [0.25, 0.3) is 0 Å². The number of rotatable bonds is 4. The zero-order valence-electron chi connectivity index (χ0n) is 14.6. The quantitative estimate of drug-likeness (QED) is 0.866. The number of carbonyl (C=O) groups is 1. The van der Waals surface area contributed by atoms with Gasteiger partial charge in [-0.2, -0.15) is 0 Å². The molecule has 0 saturated heterocycles. The number of nitrogens with zero attached hydrogens (tertiary/aromatic N) is 1. The predicted molar refractivity (Wildman–Crippen MR) is 102 cm³/mol. The van der Waals surface area contributed by atoms with Crippen LogP contribution in [0.5, 0.6) is 11.5 Å². The number of para-hydroxylation sites is 1. The van der Waals surface area contributed by atoms with Crippen LogP contribution in [0.4, 0.5) is 16.2 Å². The molecule has 2 aromatic carbocycles. The molecule has 1 N–H and O–H groups in total. The summed E-state index contributed by atoms with van der Waals surface area (Å²) in [5, 5.41) is 3.35. The lowest BCUT2D eigenvalue weighted by Gasteiger charge is -2.33. The number of thioether (sulfide) groups is 1. The van der Waals surface area contributed by atoms with Crippen LogP contribution in [-0.4, -0.2) is 32.0 Å². The maximum Gasteiger partial charge on any atom is 0.326 e. The first-order valence-corrected chi connectivity index (χ1v) is 9.10. The van der Waals surface area contributed by atoms with Gasteiger partial charge < -0.3 is 14.8 Å². The lowest BCUT2D eigenvalue weighted by molar-refractivity contribution is 0.256. The van der Waals surface area contributed by atoms with E-state index in [1.54, 1.807) is 32.4 Å². The van der Waals surface area contributed by atoms with Crippen molar-refractivity contribution < 1.29 is 14.3 Å². The summed E-state index contributed by atoms with van der Waals surface area (Å²) in [5.41, 5.74) is 1.57. The van der Waals surface area contributed by atoms with Gasteiger partial charge >= 0.3 is 6.03 Å². The Hall–Kier alpha value is -2.34. The first-order chi connectivity index (χ1) is 12.2. The van der Waals surface area contributed by atoms with Crippen LogP contribution in [0.25, 0.3) is 0 Å². The average Bonchev–Trinajstić information content (AvgIpc) is 2.67. The van der Waals surface area contributed by atoms with E-state index in [1.165, 1.54) is 0 Å². The van der Waals surface area contributed by atoms with E-state index in [-0.39, 0.29) is 6.03 Å². The number of amides is 2. The summed E-state index contributed by atoms with van der Waals surface area (Å²) in [5.74, 6) is 1.25. The highest BCUT2D eigenvalue weighted by molar-refractivity contribution is 8.00. The SMILES string of the molecule is CC[C@H]1CN(C(=O)Nc2ccc(OC)cc2OC)c2ccccc2S1. The minimum atomic E-state index is -0.158. The molecule has 0 fully saturated rings. The number of urea groups is 1. The van der Waals surface area contributed by atoms with Gasteiger partial charge in [0.1, 0.15) is 11.5 Å². The van der Waals surface area contributed by atoms with E-state index < -0.39 is 0 Å². The number of hydrogen-bond donors (Lipinski definition) is 1.